The van der Waals surface area contributed by atoms with E-state index in [1.807, 2.05) is 0 Å². The Balaban J connectivity index is 1.68. The van der Waals surface area contributed by atoms with E-state index in [4.69, 9.17) is 14.9 Å². The first kappa shape index (κ1) is 14.8. The fraction of sp³-hybridized carbons (Fsp3) is 0.0588. The van der Waals surface area contributed by atoms with E-state index in [-0.39, 0.29) is 17.9 Å². The van der Waals surface area contributed by atoms with Gasteiger partial charge in [-0.15, -0.1) is 0 Å². The van der Waals surface area contributed by atoms with Gasteiger partial charge >= 0.3 is 0 Å². The number of rotatable bonds is 2. The second kappa shape index (κ2) is 5.68. The Morgan fingerprint density at radius 2 is 1.96 bits per heavy atom. The Kier molecular flexibility index (Phi) is 3.50. The quantitative estimate of drug-likeness (QED) is 0.847. The molecule has 4 rings (SSSR count). The van der Waals surface area contributed by atoms with Crippen LogP contribution in [0.1, 0.15) is 5.56 Å². The molecular weight excluding hydrogens is 331 g/mol. The number of fused-ring (bicyclic) bond motifs is 1. The van der Waals surface area contributed by atoms with Gasteiger partial charge in [-0.3, -0.25) is 15.1 Å². The highest BCUT2D eigenvalue weighted by atomic mass is 32.2. The summed E-state index contributed by atoms with van der Waals surface area (Å²) in [5.41, 5.74) is 0.826. The molecule has 2 aromatic carbocycles. The first-order chi connectivity index (χ1) is 11.6. The molecule has 0 unspecified atom stereocenters. The van der Waals surface area contributed by atoms with Crippen molar-refractivity contribution in [1.82, 2.24) is 0 Å². The predicted molar refractivity (Wildman–Crippen MR) is 89.7 cm³/mol. The number of ether oxygens (including phenoxy) is 2. The van der Waals surface area contributed by atoms with Crippen LogP contribution < -0.4 is 14.4 Å². The number of amides is 1. The van der Waals surface area contributed by atoms with Gasteiger partial charge in [-0.1, -0.05) is 18.2 Å². The van der Waals surface area contributed by atoms with Crippen molar-refractivity contribution < 1.29 is 18.7 Å². The van der Waals surface area contributed by atoms with Crippen molar-refractivity contribution in [2.45, 2.75) is 0 Å². The smallest absolute Gasteiger partial charge is 0.271 e. The minimum Gasteiger partial charge on any atom is -0.454 e. The SMILES string of the molecule is N=C1SC(=Cc2ccccc2F)C(=O)N1c1ccc2c(c1)OCO2. The molecule has 24 heavy (non-hydrogen) atoms. The Morgan fingerprint density at radius 1 is 1.17 bits per heavy atom. The molecule has 5 nitrogen and oxygen atoms in total. The monoisotopic (exact) mass is 342 g/mol. The molecule has 0 atom stereocenters. The van der Waals surface area contributed by atoms with Gasteiger partial charge < -0.3 is 9.47 Å². The van der Waals surface area contributed by atoms with Gasteiger partial charge in [0.05, 0.1) is 10.6 Å². The minimum absolute atomic E-state index is 0.0569. The van der Waals surface area contributed by atoms with Gasteiger partial charge in [0.25, 0.3) is 5.91 Å². The number of hydrogen-bond donors (Lipinski definition) is 1. The molecule has 0 bridgehead atoms. The van der Waals surface area contributed by atoms with Crippen LogP contribution in [0.2, 0.25) is 0 Å². The summed E-state index contributed by atoms with van der Waals surface area (Å²) in [4.78, 5) is 14.2. The molecule has 1 amide bonds. The van der Waals surface area contributed by atoms with E-state index in [1.54, 1.807) is 36.4 Å². The molecule has 1 fully saturated rings. The molecule has 0 aliphatic carbocycles. The minimum atomic E-state index is -0.411. The van der Waals surface area contributed by atoms with Crippen molar-refractivity contribution in [3.05, 3.63) is 58.8 Å². The Labute approximate surface area is 141 Å². The van der Waals surface area contributed by atoms with Gasteiger partial charge in [0.15, 0.2) is 16.7 Å². The molecule has 2 heterocycles. The number of nitrogens with zero attached hydrogens (tertiary/aromatic N) is 1. The number of carbonyl (C=O) groups is 1. The van der Waals surface area contributed by atoms with E-state index in [0.29, 0.717) is 27.7 Å². The number of benzene rings is 2. The maximum atomic E-state index is 13.8. The standard InChI is InChI=1S/C17H11FN2O3S/c18-12-4-2-1-3-10(12)7-15-16(21)20(17(19)24-15)11-5-6-13-14(8-11)23-9-22-13/h1-8,19H,9H2. The number of carbonyl (C=O) groups excluding carboxylic acids is 1. The summed E-state index contributed by atoms with van der Waals surface area (Å²) in [6.07, 6.45) is 1.46. The average Bonchev–Trinajstić information content (AvgIpc) is 3.14. The second-order valence-corrected chi connectivity index (χ2v) is 6.15. The van der Waals surface area contributed by atoms with Gasteiger partial charge in [-0.25, -0.2) is 4.39 Å². The predicted octanol–water partition coefficient (Wildman–Crippen LogP) is 3.61. The van der Waals surface area contributed by atoms with E-state index >= 15 is 0 Å². The second-order valence-electron chi connectivity index (χ2n) is 5.12. The van der Waals surface area contributed by atoms with Crippen molar-refractivity contribution in [3.8, 4) is 11.5 Å². The molecule has 2 aliphatic rings. The third-order valence-electron chi connectivity index (χ3n) is 3.63. The fourth-order valence-electron chi connectivity index (χ4n) is 2.48. The molecule has 0 spiro atoms. The van der Waals surface area contributed by atoms with E-state index in [2.05, 4.69) is 0 Å². The summed E-state index contributed by atoms with van der Waals surface area (Å²) in [6.45, 7) is 0.136. The van der Waals surface area contributed by atoms with Crippen molar-refractivity contribution in [2.24, 2.45) is 0 Å². The van der Waals surface area contributed by atoms with Crippen LogP contribution in [0.5, 0.6) is 11.5 Å². The molecule has 1 saturated heterocycles. The summed E-state index contributed by atoms with van der Waals surface area (Å²) < 4.78 is 24.3. The van der Waals surface area contributed by atoms with Gasteiger partial charge in [0, 0.05) is 11.6 Å². The zero-order chi connectivity index (χ0) is 16.7. The van der Waals surface area contributed by atoms with E-state index in [0.717, 1.165) is 11.8 Å². The van der Waals surface area contributed by atoms with Crippen LogP contribution in [0.4, 0.5) is 10.1 Å². The van der Waals surface area contributed by atoms with Crippen LogP contribution in [0.3, 0.4) is 0 Å². The van der Waals surface area contributed by atoms with E-state index in [1.165, 1.54) is 17.0 Å². The van der Waals surface area contributed by atoms with Crippen molar-refractivity contribution in [1.29, 1.82) is 5.41 Å². The Morgan fingerprint density at radius 3 is 2.79 bits per heavy atom. The van der Waals surface area contributed by atoms with Gasteiger partial charge in [0.2, 0.25) is 6.79 Å². The van der Waals surface area contributed by atoms with Crippen molar-refractivity contribution in [3.63, 3.8) is 0 Å². The first-order valence-corrected chi connectivity index (χ1v) is 7.92. The van der Waals surface area contributed by atoms with Crippen LogP contribution in [-0.2, 0) is 4.79 Å². The number of halogens is 1. The Hall–Kier alpha value is -2.80. The lowest BCUT2D eigenvalue weighted by Gasteiger charge is -2.14. The van der Waals surface area contributed by atoms with Gasteiger partial charge in [-0.2, -0.15) is 0 Å². The molecule has 120 valence electrons. The largest absolute Gasteiger partial charge is 0.454 e. The topological polar surface area (TPSA) is 62.6 Å². The number of nitrogens with one attached hydrogen (secondary N) is 1. The molecular formula is C17H11FN2O3S. The van der Waals surface area contributed by atoms with E-state index in [9.17, 15) is 9.18 Å². The number of hydrogen-bond acceptors (Lipinski definition) is 5. The molecule has 2 aliphatic heterocycles. The van der Waals surface area contributed by atoms with Crippen molar-refractivity contribution >= 4 is 34.6 Å². The molecule has 2 aromatic rings. The highest BCUT2D eigenvalue weighted by Crippen LogP contribution is 2.40. The summed E-state index contributed by atoms with van der Waals surface area (Å²) >= 11 is 0.995. The lowest BCUT2D eigenvalue weighted by atomic mass is 10.2. The zero-order valence-electron chi connectivity index (χ0n) is 12.3. The van der Waals surface area contributed by atoms with Crippen molar-refractivity contribution in [2.75, 3.05) is 11.7 Å². The van der Waals surface area contributed by atoms with Gasteiger partial charge in [0.1, 0.15) is 5.82 Å². The highest BCUT2D eigenvalue weighted by Gasteiger charge is 2.34. The fourth-order valence-corrected chi connectivity index (χ4v) is 3.33. The molecule has 0 radical (unpaired) electrons. The van der Waals surface area contributed by atoms with Crippen LogP contribution in [-0.4, -0.2) is 17.9 Å². The molecule has 7 heteroatoms. The van der Waals surface area contributed by atoms with Crippen LogP contribution >= 0.6 is 11.8 Å². The maximum absolute atomic E-state index is 13.8. The van der Waals surface area contributed by atoms with Gasteiger partial charge in [-0.05, 0) is 36.0 Å². The maximum Gasteiger partial charge on any atom is 0.271 e. The summed E-state index contributed by atoms with van der Waals surface area (Å²) in [5.74, 6) is 0.356. The van der Waals surface area contributed by atoms with Crippen LogP contribution in [0.15, 0.2) is 47.4 Å². The molecule has 1 N–H and O–H groups in total. The average molecular weight is 342 g/mol. The summed E-state index contributed by atoms with van der Waals surface area (Å²) in [6, 6.07) is 11.2. The number of anilines is 1. The normalized spacial score (nSPS) is 17.9. The molecule has 0 aromatic heterocycles. The zero-order valence-corrected chi connectivity index (χ0v) is 13.1. The lowest BCUT2D eigenvalue weighted by Crippen LogP contribution is -2.28. The Bertz CT molecular complexity index is 897. The summed E-state index contributed by atoms with van der Waals surface area (Å²) in [7, 11) is 0. The van der Waals surface area contributed by atoms with E-state index < -0.39 is 5.82 Å². The summed E-state index contributed by atoms with van der Waals surface area (Å²) in [5, 5.41) is 8.14. The number of amidine groups is 1. The van der Waals surface area contributed by atoms with Crippen LogP contribution in [0.25, 0.3) is 6.08 Å². The molecule has 0 saturated carbocycles. The lowest BCUT2D eigenvalue weighted by molar-refractivity contribution is -0.113. The third-order valence-corrected chi connectivity index (χ3v) is 4.52. The number of thioether (sulfide) groups is 1. The highest BCUT2D eigenvalue weighted by molar-refractivity contribution is 8.19. The third kappa shape index (κ3) is 2.43. The first-order valence-electron chi connectivity index (χ1n) is 7.10. The van der Waals surface area contributed by atoms with Crippen LogP contribution in [0, 0.1) is 11.2 Å².